The number of benzene rings is 2. The van der Waals surface area contributed by atoms with E-state index in [-0.39, 0.29) is 11.5 Å². The van der Waals surface area contributed by atoms with Crippen LogP contribution in [0.1, 0.15) is 11.1 Å². The van der Waals surface area contributed by atoms with Crippen LogP contribution in [0.4, 0.5) is 13.2 Å². The highest BCUT2D eigenvalue weighted by Gasteiger charge is 2.29. The van der Waals surface area contributed by atoms with Crippen molar-refractivity contribution in [1.82, 2.24) is 0 Å². The fourth-order valence-electron chi connectivity index (χ4n) is 2.06. The molecule has 2 rings (SSSR count). The van der Waals surface area contributed by atoms with Gasteiger partial charge in [0.25, 0.3) is 0 Å². The lowest BCUT2D eigenvalue weighted by atomic mass is 10.1. The summed E-state index contributed by atoms with van der Waals surface area (Å²) in [7, 11) is 2.98. The number of likely N-dealkylation sites (N-methyl/N-ethyl adjacent to an activating group) is 1. The van der Waals surface area contributed by atoms with E-state index >= 15 is 0 Å². The van der Waals surface area contributed by atoms with Gasteiger partial charge in [0.2, 0.25) is 5.76 Å². The van der Waals surface area contributed by atoms with Crippen molar-refractivity contribution in [1.29, 1.82) is 0 Å². The van der Waals surface area contributed by atoms with Gasteiger partial charge in [0.15, 0.2) is 6.21 Å². The molecule has 0 fully saturated rings. The Morgan fingerprint density at radius 2 is 1.48 bits per heavy atom. The number of esters is 1. The lowest BCUT2D eigenvalue weighted by Gasteiger charge is -2.05. The number of aliphatic hydroxyl groups excluding tert-OH is 1. The number of hydrogen-bond donors (Lipinski definition) is 1. The Labute approximate surface area is 164 Å². The van der Waals surface area contributed by atoms with E-state index in [9.17, 15) is 23.1 Å². The van der Waals surface area contributed by atoms with Gasteiger partial charge in [-0.05, 0) is 12.1 Å². The first-order valence-electron chi connectivity index (χ1n) is 8.05. The smallest absolute Gasteiger partial charge is 0.430 e. The minimum atomic E-state index is -5.19. The summed E-state index contributed by atoms with van der Waals surface area (Å²) in [6.07, 6.45) is -3.44. The molecule has 6 nitrogen and oxygen atoms in total. The van der Waals surface area contributed by atoms with Gasteiger partial charge in [0.1, 0.15) is 13.0 Å². The second-order valence-electron chi connectivity index (χ2n) is 5.49. The van der Waals surface area contributed by atoms with Crippen LogP contribution in [0.2, 0.25) is 0 Å². The van der Waals surface area contributed by atoms with Crippen molar-refractivity contribution in [2.24, 2.45) is 0 Å². The van der Waals surface area contributed by atoms with Crippen molar-refractivity contribution in [2.45, 2.75) is 6.18 Å². The molecule has 0 saturated heterocycles. The van der Waals surface area contributed by atoms with Gasteiger partial charge in [0, 0.05) is 11.1 Å². The third kappa shape index (κ3) is 7.49. The normalized spacial score (nSPS) is 12.2. The number of carbonyl (C=O) groups is 2. The minimum Gasteiger partial charge on any atom is -0.542 e. The van der Waals surface area contributed by atoms with Crippen LogP contribution in [-0.2, 0) is 14.3 Å². The van der Waals surface area contributed by atoms with E-state index in [0.29, 0.717) is 5.56 Å². The first-order valence-corrected chi connectivity index (χ1v) is 8.05. The Morgan fingerprint density at radius 3 is 1.90 bits per heavy atom. The zero-order chi connectivity index (χ0) is 22.0. The van der Waals surface area contributed by atoms with E-state index in [0.717, 1.165) is 5.56 Å². The third-order valence-corrected chi connectivity index (χ3v) is 3.38. The minimum absolute atomic E-state index is 0.0811. The fourth-order valence-corrected chi connectivity index (χ4v) is 2.06. The monoisotopic (exact) mass is 409 g/mol. The van der Waals surface area contributed by atoms with Crippen LogP contribution in [0.15, 0.2) is 66.4 Å². The zero-order valence-corrected chi connectivity index (χ0v) is 15.5. The molecule has 154 valence electrons. The topological polar surface area (TPSA) is 89.7 Å². The molecule has 0 unspecified atom stereocenters. The number of alkyl halides is 3. The van der Waals surface area contributed by atoms with Crippen LogP contribution in [-0.4, -0.2) is 48.2 Å². The van der Waals surface area contributed by atoms with E-state index in [2.05, 4.69) is 0 Å². The van der Waals surface area contributed by atoms with Crippen LogP contribution >= 0.6 is 0 Å². The van der Waals surface area contributed by atoms with Gasteiger partial charge in [-0.15, -0.1) is 0 Å². The van der Waals surface area contributed by atoms with E-state index < -0.39 is 18.1 Å². The molecule has 0 saturated carbocycles. The predicted octanol–water partition coefficient (Wildman–Crippen LogP) is 2.15. The number of carbonyl (C=O) groups excluding carboxylic acids is 2. The Hall–Kier alpha value is -3.62. The molecule has 0 aliphatic rings. The molecular formula is C20H18F3NO5. The van der Waals surface area contributed by atoms with Crippen molar-refractivity contribution in [2.75, 3.05) is 14.2 Å². The molecule has 0 radical (unpaired) electrons. The highest BCUT2D eigenvalue weighted by Crippen LogP contribution is 2.17. The van der Waals surface area contributed by atoms with E-state index in [4.69, 9.17) is 14.6 Å². The summed E-state index contributed by atoms with van der Waals surface area (Å²) in [5, 5.41) is 19.2. The standard InChI is InChI=1S/C18H17NO3.C2HF3O2/c1-19(13-14-9-5-3-6-10-14)16(18(21)22-2)17(20)15-11-7-4-8-12-15;3-2(4,5)1(6)7/h3-13H,1-2H3;(H,6,7). The highest BCUT2D eigenvalue weighted by molar-refractivity contribution is 5.94. The maximum Gasteiger partial charge on any atom is 0.430 e. The number of halogens is 3. The molecular weight excluding hydrogens is 391 g/mol. The number of carboxylic acids is 1. The van der Waals surface area contributed by atoms with Crippen molar-refractivity contribution in [3.05, 3.63) is 77.5 Å². The molecule has 0 spiro atoms. The molecule has 0 atom stereocenters. The summed E-state index contributed by atoms with van der Waals surface area (Å²) in [5.41, 5.74) is 1.54. The second kappa shape index (κ2) is 10.6. The first kappa shape index (κ1) is 23.4. The van der Waals surface area contributed by atoms with Crippen LogP contribution in [0.5, 0.6) is 0 Å². The van der Waals surface area contributed by atoms with Crippen LogP contribution < -0.4 is 5.11 Å². The Bertz CT molecular complexity index is 891. The van der Waals surface area contributed by atoms with Crippen LogP contribution in [0, 0.1) is 0 Å². The van der Waals surface area contributed by atoms with Crippen molar-refractivity contribution in [3.63, 3.8) is 0 Å². The third-order valence-electron chi connectivity index (χ3n) is 3.38. The van der Waals surface area contributed by atoms with Crippen molar-refractivity contribution >= 4 is 23.9 Å². The quantitative estimate of drug-likeness (QED) is 0.275. The highest BCUT2D eigenvalue weighted by atomic mass is 19.4. The van der Waals surface area contributed by atoms with Gasteiger partial charge < -0.3 is 19.7 Å². The summed E-state index contributed by atoms with van der Waals surface area (Å²) < 4.78 is 37.9. The van der Waals surface area contributed by atoms with Gasteiger partial charge >= 0.3 is 17.8 Å². The van der Waals surface area contributed by atoms with Gasteiger partial charge in [-0.25, -0.2) is 4.79 Å². The largest absolute Gasteiger partial charge is 0.542 e. The number of aliphatic hydroxyl groups is 1. The maximum absolute atomic E-state index is 12.1. The number of hydrogen-bond acceptors (Lipinski definition) is 5. The molecule has 0 amide bonds. The molecule has 0 aromatic heterocycles. The van der Waals surface area contributed by atoms with E-state index in [1.165, 1.54) is 7.11 Å². The van der Waals surface area contributed by atoms with Gasteiger partial charge in [-0.3, -0.25) is 0 Å². The molecule has 0 bridgehead atoms. The lowest BCUT2D eigenvalue weighted by Crippen LogP contribution is -2.37. The Kier molecular flexibility index (Phi) is 8.60. The molecule has 0 aliphatic carbocycles. The number of carboxylic acid groups (broad SMARTS) is 1. The molecule has 2 aromatic carbocycles. The predicted molar refractivity (Wildman–Crippen MR) is 96.9 cm³/mol. The van der Waals surface area contributed by atoms with Crippen molar-refractivity contribution < 1.29 is 42.3 Å². The molecule has 9 heteroatoms. The number of nitrogens with zero attached hydrogens (tertiary/aromatic N) is 1. The number of rotatable bonds is 4. The summed E-state index contributed by atoms with van der Waals surface area (Å²) in [6.45, 7) is 0. The molecule has 0 aliphatic heterocycles. The SMILES string of the molecule is COC(=O)/C(=C(/O)c1ccccc1)[N+](C)=Cc1ccccc1.O=C([O-])C(F)(F)F. The second-order valence-corrected chi connectivity index (χ2v) is 5.49. The molecule has 2 aromatic rings. The fraction of sp³-hybridized carbons (Fsp3) is 0.150. The van der Waals surface area contributed by atoms with Gasteiger partial charge in [0.05, 0.1) is 7.11 Å². The van der Waals surface area contributed by atoms with Gasteiger partial charge in [-0.2, -0.15) is 17.7 Å². The van der Waals surface area contributed by atoms with Crippen LogP contribution in [0.3, 0.4) is 0 Å². The maximum atomic E-state index is 12.1. The van der Waals surface area contributed by atoms with E-state index in [1.807, 2.05) is 36.4 Å². The molecule has 0 heterocycles. The summed E-state index contributed by atoms with van der Waals surface area (Å²) in [6, 6.07) is 18.4. The summed E-state index contributed by atoms with van der Waals surface area (Å²) >= 11 is 0. The summed E-state index contributed by atoms with van der Waals surface area (Å²) in [5.74, 6) is -3.73. The lowest BCUT2D eigenvalue weighted by molar-refractivity contribution is -0.434. The zero-order valence-electron chi connectivity index (χ0n) is 15.5. The van der Waals surface area contributed by atoms with E-state index in [1.54, 1.807) is 42.1 Å². The Balaban J connectivity index is 0.000000516. The Morgan fingerprint density at radius 1 is 1.03 bits per heavy atom. The van der Waals surface area contributed by atoms with Crippen molar-refractivity contribution in [3.8, 4) is 0 Å². The van der Waals surface area contributed by atoms with Crippen LogP contribution in [0.25, 0.3) is 5.76 Å². The summed E-state index contributed by atoms with van der Waals surface area (Å²) in [4.78, 5) is 20.8. The number of methoxy groups -OCH3 is 1. The average molecular weight is 409 g/mol. The molecule has 29 heavy (non-hydrogen) atoms. The molecule has 1 N–H and O–H groups in total. The number of aliphatic carboxylic acids is 1. The average Bonchev–Trinajstić information content (AvgIpc) is 2.69. The van der Waals surface area contributed by atoms with Gasteiger partial charge in [-0.1, -0.05) is 48.5 Å². The first-order chi connectivity index (χ1) is 13.6. The number of ether oxygens (including phenoxy) is 1.